The van der Waals surface area contributed by atoms with E-state index in [1.807, 2.05) is 52.8 Å². The summed E-state index contributed by atoms with van der Waals surface area (Å²) in [7, 11) is 0. The number of primary amides is 1. The number of alkyl carbamates (subject to hydrolysis) is 1. The van der Waals surface area contributed by atoms with Crippen LogP contribution in [0.15, 0.2) is 18.2 Å². The highest BCUT2D eigenvalue weighted by Gasteiger charge is 2.43. The van der Waals surface area contributed by atoms with Crippen LogP contribution in [0.5, 0.6) is 0 Å². The number of ether oxygens (including phenoxy) is 1. The van der Waals surface area contributed by atoms with Crippen molar-refractivity contribution in [2.75, 3.05) is 0 Å². The normalized spacial score (nSPS) is 13.9. The molecule has 0 fully saturated rings. The van der Waals surface area contributed by atoms with Crippen LogP contribution in [-0.2, 0) is 19.1 Å². The first-order valence-corrected chi connectivity index (χ1v) is 12.1. The molecule has 0 aromatic heterocycles. The van der Waals surface area contributed by atoms with Gasteiger partial charge in [0, 0.05) is 11.1 Å². The number of hydrogen-bond donors (Lipinski definition) is 3. The number of benzene rings is 1. The Morgan fingerprint density at radius 2 is 1.44 bits per heavy atom. The number of nitrogens with one attached hydrogen (secondary N) is 2. The molecule has 2 unspecified atom stereocenters. The van der Waals surface area contributed by atoms with E-state index in [-0.39, 0.29) is 5.91 Å². The fourth-order valence-electron chi connectivity index (χ4n) is 3.94. The third-order valence-electron chi connectivity index (χ3n) is 5.17. The van der Waals surface area contributed by atoms with Crippen molar-refractivity contribution in [3.8, 4) is 0 Å². The maximum Gasteiger partial charge on any atom is 0.408 e. The quantitative estimate of drug-likeness (QED) is 0.522. The highest BCUT2D eigenvalue weighted by Crippen LogP contribution is 2.34. The predicted molar refractivity (Wildman–Crippen MR) is 140 cm³/mol. The molecule has 1 rings (SSSR count). The third-order valence-corrected chi connectivity index (χ3v) is 5.17. The summed E-state index contributed by atoms with van der Waals surface area (Å²) in [5.74, 6) is -1.77. The van der Waals surface area contributed by atoms with Gasteiger partial charge < -0.3 is 26.0 Å². The van der Waals surface area contributed by atoms with E-state index >= 15 is 0 Å². The number of aryl methyl sites for hydroxylation is 2. The average molecular weight is 505 g/mol. The molecule has 0 saturated heterocycles. The molecule has 9 heteroatoms. The topological polar surface area (TPSA) is 131 Å². The van der Waals surface area contributed by atoms with Gasteiger partial charge in [-0.1, -0.05) is 18.2 Å². The van der Waals surface area contributed by atoms with E-state index in [4.69, 9.17) is 10.5 Å². The summed E-state index contributed by atoms with van der Waals surface area (Å²) in [6, 6.07) is 3.28. The lowest BCUT2D eigenvalue weighted by Gasteiger charge is -2.44. The Labute approximate surface area is 215 Å². The van der Waals surface area contributed by atoms with Crippen molar-refractivity contribution >= 4 is 23.8 Å². The molecule has 0 aliphatic rings. The molecule has 1 aromatic rings. The zero-order valence-corrected chi connectivity index (χ0v) is 23.7. The number of nitrogens with two attached hydrogens (primary N) is 1. The molecular formula is C27H44N4O5. The van der Waals surface area contributed by atoms with Crippen LogP contribution < -0.4 is 16.4 Å². The van der Waals surface area contributed by atoms with E-state index in [1.165, 1.54) is 4.90 Å². The molecule has 1 aromatic carbocycles. The monoisotopic (exact) mass is 504 g/mol. The lowest BCUT2D eigenvalue weighted by molar-refractivity contribution is -0.149. The van der Waals surface area contributed by atoms with Gasteiger partial charge in [-0.2, -0.15) is 0 Å². The summed E-state index contributed by atoms with van der Waals surface area (Å²) < 4.78 is 5.31. The Balaban J connectivity index is 3.73. The molecular weight excluding hydrogens is 460 g/mol. The van der Waals surface area contributed by atoms with E-state index in [0.717, 1.165) is 11.1 Å². The SMILES string of the molecule is Cc1cccc(C)c1C(C(=O)NC(C)(C)C)N(C(=O)C(CC(N)=O)NC(=O)OC(C)(C)C)C(C)(C)C. The van der Waals surface area contributed by atoms with Crippen LogP contribution in [0.3, 0.4) is 0 Å². The summed E-state index contributed by atoms with van der Waals surface area (Å²) >= 11 is 0. The van der Waals surface area contributed by atoms with Crippen molar-refractivity contribution in [1.29, 1.82) is 0 Å². The van der Waals surface area contributed by atoms with Gasteiger partial charge in [-0.25, -0.2) is 4.79 Å². The van der Waals surface area contributed by atoms with E-state index in [0.29, 0.717) is 5.56 Å². The molecule has 9 nitrogen and oxygen atoms in total. The molecule has 0 radical (unpaired) electrons. The van der Waals surface area contributed by atoms with E-state index in [9.17, 15) is 19.2 Å². The molecule has 0 heterocycles. The number of hydrogen-bond acceptors (Lipinski definition) is 5. The first-order valence-electron chi connectivity index (χ1n) is 12.1. The number of carbonyl (C=O) groups is 4. The Hall–Kier alpha value is -3.10. The average Bonchev–Trinajstić information content (AvgIpc) is 2.61. The van der Waals surface area contributed by atoms with Crippen LogP contribution in [0.4, 0.5) is 4.79 Å². The van der Waals surface area contributed by atoms with Crippen LogP contribution in [0, 0.1) is 13.8 Å². The van der Waals surface area contributed by atoms with Gasteiger partial charge in [-0.3, -0.25) is 14.4 Å². The molecule has 0 spiro atoms. The van der Waals surface area contributed by atoms with Gasteiger partial charge in [0.25, 0.3) is 0 Å². The maximum absolute atomic E-state index is 14.1. The summed E-state index contributed by atoms with van der Waals surface area (Å²) in [5, 5.41) is 5.49. The molecule has 0 aliphatic carbocycles. The number of rotatable bonds is 7. The predicted octanol–water partition coefficient (Wildman–Crippen LogP) is 3.66. The molecule has 2 atom stereocenters. The second kappa shape index (κ2) is 11.3. The van der Waals surface area contributed by atoms with Gasteiger partial charge in [0.15, 0.2) is 0 Å². The van der Waals surface area contributed by atoms with Crippen LogP contribution in [0.1, 0.15) is 91.5 Å². The smallest absolute Gasteiger partial charge is 0.408 e. The van der Waals surface area contributed by atoms with Crippen LogP contribution in [0.25, 0.3) is 0 Å². The number of nitrogens with zero attached hydrogens (tertiary/aromatic N) is 1. The molecule has 4 amide bonds. The fraction of sp³-hybridized carbons (Fsp3) is 0.630. The van der Waals surface area contributed by atoms with Crippen molar-refractivity contribution in [1.82, 2.24) is 15.5 Å². The van der Waals surface area contributed by atoms with E-state index in [1.54, 1.807) is 41.5 Å². The minimum atomic E-state index is -1.33. The lowest BCUT2D eigenvalue weighted by atomic mass is 9.89. The highest BCUT2D eigenvalue weighted by molar-refractivity contribution is 5.95. The second-order valence-corrected chi connectivity index (χ2v) is 12.2. The molecule has 4 N–H and O–H groups in total. The Morgan fingerprint density at radius 3 is 1.83 bits per heavy atom. The second-order valence-electron chi connectivity index (χ2n) is 12.2. The van der Waals surface area contributed by atoms with E-state index < -0.39 is 53.1 Å². The van der Waals surface area contributed by atoms with Crippen LogP contribution >= 0.6 is 0 Å². The van der Waals surface area contributed by atoms with Crippen molar-refractivity contribution in [3.05, 3.63) is 34.9 Å². The zero-order valence-electron chi connectivity index (χ0n) is 23.7. The molecule has 0 saturated carbocycles. The van der Waals surface area contributed by atoms with Crippen LogP contribution in [0.2, 0.25) is 0 Å². The van der Waals surface area contributed by atoms with Gasteiger partial charge in [-0.15, -0.1) is 0 Å². The van der Waals surface area contributed by atoms with Gasteiger partial charge in [-0.05, 0) is 92.9 Å². The minimum absolute atomic E-state index is 0.377. The molecule has 202 valence electrons. The van der Waals surface area contributed by atoms with E-state index in [2.05, 4.69) is 10.6 Å². The van der Waals surface area contributed by atoms with Crippen LogP contribution in [-0.4, -0.2) is 51.4 Å². The summed E-state index contributed by atoms with van der Waals surface area (Å²) in [4.78, 5) is 53.8. The number of amides is 4. The largest absolute Gasteiger partial charge is 0.444 e. The third kappa shape index (κ3) is 9.17. The Bertz CT molecular complexity index is 963. The van der Waals surface area contributed by atoms with Crippen molar-refractivity contribution in [3.63, 3.8) is 0 Å². The van der Waals surface area contributed by atoms with Crippen molar-refractivity contribution in [2.45, 2.75) is 111 Å². The maximum atomic E-state index is 14.1. The zero-order chi connectivity index (χ0) is 28.2. The van der Waals surface area contributed by atoms with Crippen molar-refractivity contribution in [2.24, 2.45) is 5.73 Å². The molecule has 0 aliphatic heterocycles. The molecule has 0 bridgehead atoms. The first kappa shape index (κ1) is 30.9. The fourth-order valence-corrected chi connectivity index (χ4v) is 3.94. The highest BCUT2D eigenvalue weighted by atomic mass is 16.6. The van der Waals surface area contributed by atoms with Gasteiger partial charge in [0.2, 0.25) is 17.7 Å². The minimum Gasteiger partial charge on any atom is -0.444 e. The van der Waals surface area contributed by atoms with Gasteiger partial charge >= 0.3 is 6.09 Å². The summed E-state index contributed by atoms with van der Waals surface area (Å²) in [5.41, 5.74) is 5.52. The van der Waals surface area contributed by atoms with Crippen molar-refractivity contribution < 1.29 is 23.9 Å². The summed E-state index contributed by atoms with van der Waals surface area (Å²) in [6.45, 7) is 19.8. The summed E-state index contributed by atoms with van der Waals surface area (Å²) in [6.07, 6.45) is -1.32. The molecule has 36 heavy (non-hydrogen) atoms. The standard InChI is InChI=1S/C27H44N4O5/c1-16-13-12-14-17(2)20(16)21(22(33)30-25(3,4)5)31(26(6,7)8)23(34)18(15-19(28)32)29-24(35)36-27(9,10)11/h12-14,18,21H,15H2,1-11H3,(H2,28,32)(H,29,35)(H,30,33). The first-order chi connectivity index (χ1) is 16.1. The van der Waals surface area contributed by atoms with Gasteiger partial charge in [0.1, 0.15) is 17.7 Å². The number of carbonyl (C=O) groups excluding carboxylic acids is 4. The lowest BCUT2D eigenvalue weighted by Crippen LogP contribution is -2.60. The Kier molecular flexibility index (Phi) is 9.72. The van der Waals surface area contributed by atoms with Gasteiger partial charge in [0.05, 0.1) is 6.42 Å². The Morgan fingerprint density at radius 1 is 0.944 bits per heavy atom.